The van der Waals surface area contributed by atoms with Crippen molar-refractivity contribution in [3.63, 3.8) is 0 Å². The van der Waals surface area contributed by atoms with E-state index in [-0.39, 0.29) is 12.4 Å². The topological polar surface area (TPSA) is 9.23 Å². The Morgan fingerprint density at radius 2 is 1.71 bits per heavy atom. The third kappa shape index (κ3) is 4.35. The summed E-state index contributed by atoms with van der Waals surface area (Å²) < 4.78 is 9.44. The standard InChI is InChI=1S/2C5H5.C4H9O.ClH.Zr/c2*1-2-4-5-3-1;1-2-3-4-5;;/h2*1-3H,4H2;2-4H2,1H3;1H;/q;;-1;;+2/p-1. The van der Waals surface area contributed by atoms with E-state index in [2.05, 4.69) is 43.4 Å². The number of unbranched alkanes of at least 4 members (excludes halogenated alkanes) is 1. The fourth-order valence-corrected chi connectivity index (χ4v) is 7.43. The van der Waals surface area contributed by atoms with Gasteiger partial charge in [0.1, 0.15) is 0 Å². The molecule has 0 aliphatic heterocycles. The fourth-order valence-electron chi connectivity index (χ4n) is 1.94. The van der Waals surface area contributed by atoms with Crippen molar-refractivity contribution in [1.29, 1.82) is 0 Å². The summed E-state index contributed by atoms with van der Waals surface area (Å²) in [5.74, 6) is 0. The molecule has 92 valence electrons. The predicted molar refractivity (Wildman–Crippen MR) is 64.5 cm³/mol. The molecule has 0 spiro atoms. The quantitative estimate of drug-likeness (QED) is 0.661. The molecule has 17 heavy (non-hydrogen) atoms. The molecule has 0 saturated heterocycles. The van der Waals surface area contributed by atoms with E-state index in [1.54, 1.807) is 6.56 Å². The van der Waals surface area contributed by atoms with Gasteiger partial charge in [-0.2, -0.15) is 0 Å². The molecule has 2 aliphatic carbocycles. The zero-order valence-electron chi connectivity index (χ0n) is 10.3. The van der Waals surface area contributed by atoms with Crippen molar-refractivity contribution in [2.45, 2.75) is 32.6 Å². The number of hydrogen-bond donors (Lipinski definition) is 0. The third-order valence-corrected chi connectivity index (χ3v) is 8.77. The summed E-state index contributed by atoms with van der Waals surface area (Å²) >= 11 is -1.89. The van der Waals surface area contributed by atoms with Gasteiger partial charge in [-0.05, 0) is 0 Å². The molecule has 0 heterocycles. The van der Waals surface area contributed by atoms with Crippen LogP contribution in [-0.4, -0.2) is 6.61 Å². The summed E-state index contributed by atoms with van der Waals surface area (Å²) in [4.78, 5) is 0. The Kier molecular flexibility index (Phi) is 7.34. The minimum atomic E-state index is -1.89. The molecule has 0 saturated carbocycles. The fraction of sp³-hybridized carbons (Fsp3) is 0.429. The average Bonchev–Trinajstić information content (AvgIpc) is 2.97. The van der Waals surface area contributed by atoms with E-state index < -0.39 is 22.2 Å². The van der Waals surface area contributed by atoms with Crippen molar-refractivity contribution >= 4 is 0 Å². The molecule has 0 fully saturated rings. The van der Waals surface area contributed by atoms with Gasteiger partial charge in [0, 0.05) is 0 Å². The van der Waals surface area contributed by atoms with E-state index in [4.69, 9.17) is 2.81 Å². The van der Waals surface area contributed by atoms with Gasteiger partial charge in [0.15, 0.2) is 0 Å². The first kappa shape index (κ1) is 15.2. The molecule has 0 amide bonds. The average molecular weight is 330 g/mol. The molecule has 0 aromatic rings. The van der Waals surface area contributed by atoms with Crippen LogP contribution in [0.4, 0.5) is 0 Å². The maximum absolute atomic E-state index is 6.23. The van der Waals surface area contributed by atoms with Crippen LogP contribution < -0.4 is 12.4 Å². The number of hydrogen-bond acceptors (Lipinski definition) is 1. The molecule has 1 nitrogen and oxygen atoms in total. The second-order valence-electron chi connectivity index (χ2n) is 4.18. The van der Waals surface area contributed by atoms with E-state index >= 15 is 0 Å². The van der Waals surface area contributed by atoms with Gasteiger partial charge >= 0.3 is 107 Å². The van der Waals surface area contributed by atoms with Gasteiger partial charge in [-0.3, -0.25) is 0 Å². The molecule has 0 atom stereocenters. The summed E-state index contributed by atoms with van der Waals surface area (Å²) in [6, 6.07) is 0. The maximum atomic E-state index is 6.23. The zero-order chi connectivity index (χ0) is 11.2. The SMILES string of the molecule is CCCC[O][Zr+]([C]1=CC=CC1)[C]1=CC=CC1.[Cl-]. The van der Waals surface area contributed by atoms with Crippen molar-refractivity contribution in [3.8, 4) is 0 Å². The van der Waals surface area contributed by atoms with E-state index in [1.807, 2.05) is 0 Å². The van der Waals surface area contributed by atoms with Gasteiger partial charge < -0.3 is 12.4 Å². The Bertz CT molecular complexity index is 325. The van der Waals surface area contributed by atoms with Crippen molar-refractivity contribution < 1.29 is 37.4 Å². The van der Waals surface area contributed by atoms with Crippen LogP contribution >= 0.6 is 0 Å². The van der Waals surface area contributed by atoms with Gasteiger partial charge in [-0.15, -0.1) is 0 Å². The smallest absolute Gasteiger partial charge is 1.00 e. The van der Waals surface area contributed by atoms with Gasteiger partial charge in [-0.1, -0.05) is 0 Å². The second-order valence-corrected chi connectivity index (χ2v) is 9.66. The largest absolute Gasteiger partial charge is 1.00 e. The first-order chi connectivity index (χ1) is 7.92. The summed E-state index contributed by atoms with van der Waals surface area (Å²) in [5, 5.41) is 0. The molecular formula is C14H19ClOZr. The molecule has 2 aliphatic rings. The predicted octanol–water partition coefficient (Wildman–Crippen LogP) is 1.03. The summed E-state index contributed by atoms with van der Waals surface area (Å²) in [6.07, 6.45) is 18.2. The van der Waals surface area contributed by atoms with E-state index in [1.165, 1.54) is 12.8 Å². The molecule has 0 unspecified atom stereocenters. The van der Waals surface area contributed by atoms with Crippen LogP contribution in [0.3, 0.4) is 0 Å². The van der Waals surface area contributed by atoms with Crippen LogP contribution in [0.1, 0.15) is 32.6 Å². The summed E-state index contributed by atoms with van der Waals surface area (Å²) in [5.41, 5.74) is 0. The maximum Gasteiger partial charge on any atom is -1.00 e. The first-order valence-corrected chi connectivity index (χ1v) is 9.60. The molecule has 3 heteroatoms. The molecule has 2 rings (SSSR count). The van der Waals surface area contributed by atoms with Gasteiger partial charge in [-0.25, -0.2) is 0 Å². The molecule has 0 radical (unpaired) electrons. The van der Waals surface area contributed by atoms with Crippen LogP contribution in [0.25, 0.3) is 0 Å². The van der Waals surface area contributed by atoms with Crippen molar-refractivity contribution in [2.75, 3.05) is 6.61 Å². The Labute approximate surface area is 119 Å². The van der Waals surface area contributed by atoms with Crippen LogP contribution in [0, 0.1) is 0 Å². The number of allylic oxidation sites excluding steroid dienone is 8. The molecule has 0 aromatic carbocycles. The number of halogens is 1. The Hall–Kier alpha value is 0.0931. The van der Waals surface area contributed by atoms with Gasteiger partial charge in [0.2, 0.25) is 0 Å². The first-order valence-electron chi connectivity index (χ1n) is 6.13. The monoisotopic (exact) mass is 328 g/mol. The Morgan fingerprint density at radius 1 is 1.12 bits per heavy atom. The minimum Gasteiger partial charge on any atom is -1.00 e. The molecular weight excluding hydrogens is 311 g/mol. The molecule has 0 aromatic heterocycles. The van der Waals surface area contributed by atoms with Crippen LogP contribution in [0.15, 0.2) is 43.0 Å². The minimum absolute atomic E-state index is 0. The van der Waals surface area contributed by atoms with E-state index in [0.717, 1.165) is 19.4 Å². The summed E-state index contributed by atoms with van der Waals surface area (Å²) in [6.45, 7) is 3.18. The van der Waals surface area contributed by atoms with Crippen molar-refractivity contribution in [1.82, 2.24) is 0 Å². The van der Waals surface area contributed by atoms with Crippen molar-refractivity contribution in [2.24, 2.45) is 0 Å². The number of rotatable bonds is 6. The molecule has 0 bridgehead atoms. The van der Waals surface area contributed by atoms with E-state index in [0.29, 0.717) is 0 Å². The van der Waals surface area contributed by atoms with Crippen molar-refractivity contribution in [3.05, 3.63) is 43.0 Å². The summed E-state index contributed by atoms with van der Waals surface area (Å²) in [7, 11) is 0. The van der Waals surface area contributed by atoms with Crippen LogP contribution in [0.5, 0.6) is 0 Å². The second kappa shape index (κ2) is 8.24. The normalized spacial score (nSPS) is 16.8. The van der Waals surface area contributed by atoms with E-state index in [9.17, 15) is 0 Å². The Morgan fingerprint density at radius 3 is 2.12 bits per heavy atom. The third-order valence-electron chi connectivity index (χ3n) is 2.87. The van der Waals surface area contributed by atoms with Gasteiger partial charge in [0.05, 0.1) is 0 Å². The van der Waals surface area contributed by atoms with Crippen LogP contribution in [-0.2, 0) is 25.0 Å². The van der Waals surface area contributed by atoms with Crippen LogP contribution in [0.2, 0.25) is 0 Å². The molecule has 0 N–H and O–H groups in total. The Balaban J connectivity index is 0.00000144. The van der Waals surface area contributed by atoms with Gasteiger partial charge in [0.25, 0.3) is 0 Å². The zero-order valence-corrected chi connectivity index (χ0v) is 13.5.